The standard InChI is InChI=1S/C44H66N4O7S2/c1-32-27-34(3)42(35(4)28-32)56(52,53)47(26-16-23-45-40(49)17-12-10-11-13-18-41(50)46-51)24-14-15-25-48(31-38-19-21-39(22-20-38)44(7,8)9)57(54,55)43-36(5)29-33(2)30-37(43)6/h19-22,27-30,51H,10-18,23-26,31H2,1-9H3,(H,45,49)(H,46,50). The van der Waals surface area contributed by atoms with Crippen molar-refractivity contribution in [1.29, 1.82) is 0 Å². The summed E-state index contributed by atoms with van der Waals surface area (Å²) in [5.74, 6) is -0.538. The number of hydroxylamine groups is 1. The van der Waals surface area contributed by atoms with Crippen LogP contribution in [0.2, 0.25) is 0 Å². The molecule has 2 amide bonds. The minimum absolute atomic E-state index is 0.0437. The van der Waals surface area contributed by atoms with E-state index >= 15 is 0 Å². The summed E-state index contributed by atoms with van der Waals surface area (Å²) < 4.78 is 60.5. The second-order valence-corrected chi connectivity index (χ2v) is 20.3. The van der Waals surface area contributed by atoms with Crippen molar-refractivity contribution in [2.75, 3.05) is 26.2 Å². The van der Waals surface area contributed by atoms with Gasteiger partial charge in [-0.25, -0.2) is 22.3 Å². The van der Waals surface area contributed by atoms with Crippen LogP contribution < -0.4 is 10.8 Å². The number of unbranched alkanes of at least 4 members (excludes halogenated alkanes) is 4. The number of carbonyl (C=O) groups is 2. The van der Waals surface area contributed by atoms with Crippen molar-refractivity contribution in [2.24, 2.45) is 0 Å². The Hall–Kier alpha value is -3.62. The number of nitrogens with one attached hydrogen (secondary N) is 2. The van der Waals surface area contributed by atoms with Crippen LogP contribution >= 0.6 is 0 Å². The van der Waals surface area contributed by atoms with Gasteiger partial charge in [0.25, 0.3) is 0 Å². The van der Waals surface area contributed by atoms with Crippen LogP contribution in [-0.4, -0.2) is 68.6 Å². The Kier molecular flexibility index (Phi) is 17.9. The summed E-state index contributed by atoms with van der Waals surface area (Å²) in [5, 5.41) is 11.5. The van der Waals surface area contributed by atoms with Crippen molar-refractivity contribution in [3.63, 3.8) is 0 Å². The SMILES string of the molecule is Cc1cc(C)c(S(=O)(=O)N(CCCCN(Cc2ccc(C(C)(C)C)cc2)S(=O)(=O)c2c(C)cc(C)cc2C)CCCNC(=O)CCCCCCC(=O)NO)c(C)c1. The minimum Gasteiger partial charge on any atom is -0.356 e. The van der Waals surface area contributed by atoms with Gasteiger partial charge >= 0.3 is 0 Å². The monoisotopic (exact) mass is 826 g/mol. The Balaban J connectivity index is 1.77. The van der Waals surface area contributed by atoms with Gasteiger partial charge in [0, 0.05) is 45.6 Å². The van der Waals surface area contributed by atoms with Crippen molar-refractivity contribution in [1.82, 2.24) is 19.4 Å². The van der Waals surface area contributed by atoms with Gasteiger partial charge in [-0.15, -0.1) is 0 Å². The van der Waals surface area contributed by atoms with E-state index in [2.05, 4.69) is 26.1 Å². The summed E-state index contributed by atoms with van der Waals surface area (Å²) in [6.07, 6.45) is 4.67. The van der Waals surface area contributed by atoms with Crippen LogP contribution in [0.5, 0.6) is 0 Å². The van der Waals surface area contributed by atoms with Gasteiger partial charge in [0.2, 0.25) is 31.9 Å². The molecule has 0 saturated heterocycles. The van der Waals surface area contributed by atoms with E-state index in [1.165, 1.54) is 8.61 Å². The Morgan fingerprint density at radius 1 is 0.596 bits per heavy atom. The lowest BCUT2D eigenvalue weighted by molar-refractivity contribution is -0.129. The van der Waals surface area contributed by atoms with Gasteiger partial charge in [-0.1, -0.05) is 93.3 Å². The molecule has 0 aliphatic heterocycles. The smallest absolute Gasteiger partial charge is 0.243 e. The third-order valence-electron chi connectivity index (χ3n) is 10.2. The van der Waals surface area contributed by atoms with Crippen molar-refractivity contribution >= 4 is 31.9 Å². The number of hydrogen-bond donors (Lipinski definition) is 3. The third kappa shape index (κ3) is 14.0. The summed E-state index contributed by atoms with van der Waals surface area (Å²) in [6.45, 7) is 18.6. The van der Waals surface area contributed by atoms with Crippen LogP contribution in [0, 0.1) is 41.5 Å². The third-order valence-corrected chi connectivity index (χ3v) is 14.6. The highest BCUT2D eigenvalue weighted by Gasteiger charge is 2.30. The molecule has 13 heteroatoms. The van der Waals surface area contributed by atoms with Crippen molar-refractivity contribution in [3.8, 4) is 0 Å². The van der Waals surface area contributed by atoms with Crippen LogP contribution in [0.15, 0.2) is 58.3 Å². The van der Waals surface area contributed by atoms with Crippen molar-refractivity contribution in [2.45, 2.75) is 142 Å². The molecule has 3 rings (SSSR count). The van der Waals surface area contributed by atoms with E-state index in [0.29, 0.717) is 72.2 Å². The lowest BCUT2D eigenvalue weighted by atomic mass is 9.87. The molecule has 0 aliphatic carbocycles. The number of nitrogens with zero attached hydrogens (tertiary/aromatic N) is 2. The number of aryl methyl sites for hydroxylation is 6. The second kappa shape index (κ2) is 21.4. The van der Waals surface area contributed by atoms with Gasteiger partial charge in [-0.3, -0.25) is 14.8 Å². The fourth-order valence-electron chi connectivity index (χ4n) is 7.48. The zero-order valence-corrected chi connectivity index (χ0v) is 37.3. The van der Waals surface area contributed by atoms with E-state index in [9.17, 15) is 26.4 Å². The molecular weight excluding hydrogens is 761 g/mol. The van der Waals surface area contributed by atoms with Crippen LogP contribution in [-0.2, 0) is 41.6 Å². The van der Waals surface area contributed by atoms with E-state index in [-0.39, 0.29) is 48.8 Å². The molecule has 11 nitrogen and oxygen atoms in total. The molecular formula is C44H66N4O7S2. The predicted molar refractivity (Wildman–Crippen MR) is 227 cm³/mol. The molecule has 0 spiro atoms. The number of amides is 2. The Morgan fingerprint density at radius 2 is 1.02 bits per heavy atom. The molecule has 0 aromatic heterocycles. The molecule has 316 valence electrons. The molecule has 3 aromatic carbocycles. The topological polar surface area (TPSA) is 153 Å². The molecule has 3 N–H and O–H groups in total. The lowest BCUT2D eigenvalue weighted by Crippen LogP contribution is -2.37. The maximum absolute atomic E-state index is 14.4. The van der Waals surface area contributed by atoms with Crippen LogP contribution in [0.1, 0.15) is 123 Å². The molecule has 0 radical (unpaired) electrons. The van der Waals surface area contributed by atoms with Gasteiger partial charge in [0.05, 0.1) is 9.79 Å². The van der Waals surface area contributed by atoms with E-state index < -0.39 is 26.0 Å². The first kappa shape index (κ1) is 47.8. The average molecular weight is 827 g/mol. The Bertz CT molecular complexity index is 1990. The normalized spacial score (nSPS) is 12.4. The van der Waals surface area contributed by atoms with Crippen LogP contribution in [0.4, 0.5) is 0 Å². The maximum Gasteiger partial charge on any atom is 0.243 e. The highest BCUT2D eigenvalue weighted by atomic mass is 32.2. The highest BCUT2D eigenvalue weighted by molar-refractivity contribution is 7.89. The predicted octanol–water partition coefficient (Wildman–Crippen LogP) is 7.85. The first-order valence-electron chi connectivity index (χ1n) is 20.1. The summed E-state index contributed by atoms with van der Waals surface area (Å²) >= 11 is 0. The van der Waals surface area contributed by atoms with Crippen LogP contribution in [0.3, 0.4) is 0 Å². The van der Waals surface area contributed by atoms with E-state index in [4.69, 9.17) is 5.21 Å². The van der Waals surface area contributed by atoms with Crippen molar-refractivity contribution in [3.05, 3.63) is 93.0 Å². The molecule has 0 unspecified atom stereocenters. The second-order valence-electron chi connectivity index (χ2n) is 16.5. The number of hydrogen-bond acceptors (Lipinski definition) is 7. The first-order valence-corrected chi connectivity index (χ1v) is 23.0. The molecule has 3 aromatic rings. The first-order chi connectivity index (χ1) is 26.7. The zero-order valence-electron chi connectivity index (χ0n) is 35.6. The lowest BCUT2D eigenvalue weighted by Gasteiger charge is -2.27. The van der Waals surface area contributed by atoms with E-state index in [0.717, 1.165) is 35.1 Å². The molecule has 0 saturated carbocycles. The number of rotatable bonds is 22. The minimum atomic E-state index is -3.92. The average Bonchev–Trinajstić information content (AvgIpc) is 3.10. The summed E-state index contributed by atoms with van der Waals surface area (Å²) in [6, 6.07) is 15.6. The van der Waals surface area contributed by atoms with Gasteiger partial charge in [-0.2, -0.15) is 8.61 Å². The van der Waals surface area contributed by atoms with Gasteiger partial charge in [0.15, 0.2) is 0 Å². The molecule has 0 fully saturated rings. The largest absolute Gasteiger partial charge is 0.356 e. The number of carbonyl (C=O) groups excluding carboxylic acids is 2. The molecule has 0 heterocycles. The van der Waals surface area contributed by atoms with Crippen LogP contribution in [0.25, 0.3) is 0 Å². The van der Waals surface area contributed by atoms with Gasteiger partial charge in [-0.05, 0) is 112 Å². The molecule has 0 bridgehead atoms. The van der Waals surface area contributed by atoms with Gasteiger partial charge < -0.3 is 5.32 Å². The van der Waals surface area contributed by atoms with E-state index in [1.807, 2.05) is 76.2 Å². The quantitative estimate of drug-likeness (QED) is 0.0530. The number of sulfonamides is 2. The number of benzene rings is 3. The Labute approximate surface area is 342 Å². The highest BCUT2D eigenvalue weighted by Crippen LogP contribution is 2.29. The van der Waals surface area contributed by atoms with Gasteiger partial charge in [0.1, 0.15) is 0 Å². The van der Waals surface area contributed by atoms with Crippen molar-refractivity contribution < 1.29 is 31.6 Å². The summed E-state index contributed by atoms with van der Waals surface area (Å²) in [5.41, 5.74) is 8.29. The summed E-state index contributed by atoms with van der Waals surface area (Å²) in [4.78, 5) is 24.3. The molecule has 0 atom stereocenters. The fraction of sp³-hybridized carbons (Fsp3) is 0.545. The summed E-state index contributed by atoms with van der Waals surface area (Å²) in [7, 11) is -7.83. The molecule has 0 aliphatic rings. The fourth-order valence-corrected chi connectivity index (χ4v) is 11.3. The Morgan fingerprint density at radius 3 is 1.47 bits per heavy atom. The molecule has 57 heavy (non-hydrogen) atoms. The maximum atomic E-state index is 14.4. The van der Waals surface area contributed by atoms with E-state index in [1.54, 1.807) is 19.3 Å². The zero-order chi connectivity index (χ0) is 42.6.